The molecule has 0 unspecified atom stereocenters. The summed E-state index contributed by atoms with van der Waals surface area (Å²) in [6, 6.07) is 12.2. The maximum absolute atomic E-state index is 13.0. The third-order valence-corrected chi connectivity index (χ3v) is 5.69. The van der Waals surface area contributed by atoms with Crippen molar-refractivity contribution < 1.29 is 9.21 Å². The summed E-state index contributed by atoms with van der Waals surface area (Å²) >= 11 is 1.55. The van der Waals surface area contributed by atoms with E-state index in [4.69, 9.17) is 4.42 Å². The van der Waals surface area contributed by atoms with Crippen LogP contribution in [-0.2, 0) is 17.9 Å². The van der Waals surface area contributed by atoms with Crippen LogP contribution in [0.3, 0.4) is 0 Å². The molecule has 0 fully saturated rings. The number of hydrogen-bond donors (Lipinski definition) is 0. The van der Waals surface area contributed by atoms with E-state index < -0.39 is 0 Å². The number of rotatable bonds is 10. The van der Waals surface area contributed by atoms with Gasteiger partial charge in [0.05, 0.1) is 18.0 Å². The Kier molecular flexibility index (Phi) is 7.55. The third-order valence-electron chi connectivity index (χ3n) is 4.83. The lowest BCUT2D eigenvalue weighted by molar-refractivity contribution is -0.133. The minimum atomic E-state index is 0.0816. The fourth-order valence-corrected chi connectivity index (χ4v) is 3.79. The van der Waals surface area contributed by atoms with E-state index in [0.717, 1.165) is 24.4 Å². The highest BCUT2D eigenvalue weighted by Gasteiger charge is 2.20. The lowest BCUT2D eigenvalue weighted by Gasteiger charge is -2.26. The molecule has 6 nitrogen and oxygen atoms in total. The van der Waals surface area contributed by atoms with Crippen LogP contribution in [-0.4, -0.2) is 45.5 Å². The van der Waals surface area contributed by atoms with Gasteiger partial charge in [0.25, 0.3) is 5.89 Å². The summed E-state index contributed by atoms with van der Waals surface area (Å²) in [6.45, 7) is 9.20. The Morgan fingerprint density at radius 3 is 2.62 bits per heavy atom. The smallest absolute Gasteiger partial charge is 0.257 e. The van der Waals surface area contributed by atoms with Gasteiger partial charge >= 0.3 is 0 Å². The first-order valence-electron chi connectivity index (χ1n) is 10.0. The second-order valence-electron chi connectivity index (χ2n) is 7.02. The molecular weight excluding hydrogens is 384 g/mol. The van der Waals surface area contributed by atoms with E-state index in [1.165, 1.54) is 11.1 Å². The third kappa shape index (κ3) is 5.74. The first-order valence-corrected chi connectivity index (χ1v) is 10.9. The summed E-state index contributed by atoms with van der Waals surface area (Å²) in [4.78, 5) is 17.9. The van der Waals surface area contributed by atoms with Crippen LogP contribution in [0.15, 0.2) is 46.2 Å². The predicted octanol–water partition coefficient (Wildman–Crippen LogP) is 4.37. The van der Waals surface area contributed by atoms with Gasteiger partial charge < -0.3 is 9.32 Å². The Morgan fingerprint density at radius 1 is 1.10 bits per heavy atom. The molecule has 7 heteroatoms. The molecule has 29 heavy (non-hydrogen) atoms. The summed E-state index contributed by atoms with van der Waals surface area (Å²) in [5, 5.41) is 10.2. The quantitative estimate of drug-likeness (QED) is 0.495. The molecule has 2 heterocycles. The fraction of sp³-hybridized carbons (Fsp3) is 0.409. The van der Waals surface area contributed by atoms with Crippen molar-refractivity contribution in [1.29, 1.82) is 0 Å². The highest BCUT2D eigenvalue weighted by Crippen LogP contribution is 2.23. The van der Waals surface area contributed by atoms with Crippen molar-refractivity contribution in [2.45, 2.75) is 40.3 Å². The fourth-order valence-electron chi connectivity index (χ4n) is 3.14. The van der Waals surface area contributed by atoms with Crippen LogP contribution in [0.2, 0.25) is 0 Å². The first kappa shape index (κ1) is 21.2. The van der Waals surface area contributed by atoms with Gasteiger partial charge in [0.1, 0.15) is 0 Å². The Bertz CT molecular complexity index is 907. The maximum Gasteiger partial charge on any atom is 0.257 e. The molecule has 1 amide bonds. The van der Waals surface area contributed by atoms with Crippen LogP contribution < -0.4 is 0 Å². The molecular formula is C22H28N4O2S. The minimum absolute atomic E-state index is 0.0816. The van der Waals surface area contributed by atoms with E-state index in [0.29, 0.717) is 31.4 Å². The van der Waals surface area contributed by atoms with Crippen molar-refractivity contribution in [3.8, 4) is 10.8 Å². The van der Waals surface area contributed by atoms with Crippen molar-refractivity contribution in [2.24, 2.45) is 0 Å². The van der Waals surface area contributed by atoms with E-state index in [9.17, 15) is 4.79 Å². The van der Waals surface area contributed by atoms with Gasteiger partial charge in [-0.1, -0.05) is 44.2 Å². The number of benzene rings is 1. The summed E-state index contributed by atoms with van der Waals surface area (Å²) < 4.78 is 5.78. The molecule has 0 saturated heterocycles. The highest BCUT2D eigenvalue weighted by atomic mass is 32.1. The lowest BCUT2D eigenvalue weighted by Crippen LogP contribution is -2.40. The molecule has 0 bridgehead atoms. The van der Waals surface area contributed by atoms with Crippen LogP contribution in [0.1, 0.15) is 37.3 Å². The Balaban J connectivity index is 1.64. The molecule has 0 aliphatic carbocycles. The standard InChI is InChI=1S/C22H28N4O2S/c1-4-12-26(15-20-23-24-22(28-20)19-11-8-13-29-19)21(27)16-25(5-2)14-18-10-7-6-9-17(18)3/h6-11,13H,4-5,12,14-16H2,1-3H3. The Labute approximate surface area is 176 Å². The number of aromatic nitrogens is 2. The molecule has 2 aromatic heterocycles. The zero-order valence-corrected chi connectivity index (χ0v) is 18.1. The van der Waals surface area contributed by atoms with Gasteiger partial charge in [-0.3, -0.25) is 9.69 Å². The monoisotopic (exact) mass is 412 g/mol. The van der Waals surface area contributed by atoms with Gasteiger partial charge in [-0.2, -0.15) is 0 Å². The van der Waals surface area contributed by atoms with Crippen molar-refractivity contribution in [1.82, 2.24) is 20.0 Å². The number of thiophene rings is 1. The molecule has 0 radical (unpaired) electrons. The number of hydrogen-bond acceptors (Lipinski definition) is 6. The van der Waals surface area contributed by atoms with Gasteiger partial charge in [0.15, 0.2) is 0 Å². The van der Waals surface area contributed by atoms with Crippen molar-refractivity contribution in [3.63, 3.8) is 0 Å². The molecule has 3 aromatic rings. The van der Waals surface area contributed by atoms with E-state index >= 15 is 0 Å². The number of aryl methyl sites for hydroxylation is 1. The first-order chi connectivity index (χ1) is 14.1. The molecule has 1 aromatic carbocycles. The van der Waals surface area contributed by atoms with Crippen LogP contribution in [0.5, 0.6) is 0 Å². The lowest BCUT2D eigenvalue weighted by atomic mass is 10.1. The topological polar surface area (TPSA) is 62.5 Å². The molecule has 3 rings (SSSR count). The van der Waals surface area contributed by atoms with Gasteiger partial charge in [-0.25, -0.2) is 0 Å². The van der Waals surface area contributed by atoms with E-state index in [1.807, 2.05) is 34.5 Å². The SMILES string of the molecule is CCCN(Cc1nnc(-c2cccs2)o1)C(=O)CN(CC)Cc1ccccc1C. The molecule has 0 spiro atoms. The normalized spacial score (nSPS) is 11.2. The van der Waals surface area contributed by atoms with Crippen LogP contribution in [0.25, 0.3) is 10.8 Å². The predicted molar refractivity (Wildman–Crippen MR) is 115 cm³/mol. The molecule has 0 N–H and O–H groups in total. The van der Waals surface area contributed by atoms with E-state index in [-0.39, 0.29) is 5.91 Å². The number of nitrogens with zero attached hydrogens (tertiary/aromatic N) is 4. The second-order valence-corrected chi connectivity index (χ2v) is 7.97. The Hall–Kier alpha value is -2.51. The largest absolute Gasteiger partial charge is 0.418 e. The van der Waals surface area contributed by atoms with E-state index in [1.54, 1.807) is 11.3 Å². The maximum atomic E-state index is 13.0. The average Bonchev–Trinajstić information content (AvgIpc) is 3.40. The molecule has 0 aliphatic heterocycles. The van der Waals surface area contributed by atoms with Gasteiger partial charge in [0.2, 0.25) is 11.8 Å². The van der Waals surface area contributed by atoms with Crippen LogP contribution in [0, 0.1) is 6.92 Å². The van der Waals surface area contributed by atoms with Crippen molar-refractivity contribution >= 4 is 17.2 Å². The average molecular weight is 413 g/mol. The summed E-state index contributed by atoms with van der Waals surface area (Å²) in [5.74, 6) is 1.06. The van der Waals surface area contributed by atoms with Crippen molar-refractivity contribution in [3.05, 3.63) is 58.8 Å². The number of carbonyl (C=O) groups is 1. The zero-order chi connectivity index (χ0) is 20.6. The second kappa shape index (κ2) is 10.3. The number of likely N-dealkylation sites (N-methyl/N-ethyl adjacent to an activating group) is 1. The Morgan fingerprint density at radius 2 is 1.93 bits per heavy atom. The molecule has 0 aliphatic rings. The zero-order valence-electron chi connectivity index (χ0n) is 17.3. The van der Waals surface area contributed by atoms with Gasteiger partial charge in [0, 0.05) is 13.1 Å². The molecule has 154 valence electrons. The summed E-state index contributed by atoms with van der Waals surface area (Å²) in [7, 11) is 0. The van der Waals surface area contributed by atoms with Crippen molar-refractivity contribution in [2.75, 3.05) is 19.6 Å². The minimum Gasteiger partial charge on any atom is -0.418 e. The van der Waals surface area contributed by atoms with E-state index in [2.05, 4.69) is 48.0 Å². The molecule has 0 atom stereocenters. The van der Waals surface area contributed by atoms with Gasteiger partial charge in [-0.15, -0.1) is 21.5 Å². The summed E-state index contributed by atoms with van der Waals surface area (Å²) in [5.41, 5.74) is 2.50. The van der Waals surface area contributed by atoms with Crippen LogP contribution in [0.4, 0.5) is 0 Å². The van der Waals surface area contributed by atoms with Gasteiger partial charge in [-0.05, 0) is 42.5 Å². The van der Waals surface area contributed by atoms with Crippen LogP contribution >= 0.6 is 11.3 Å². The highest BCUT2D eigenvalue weighted by molar-refractivity contribution is 7.13. The summed E-state index contributed by atoms with van der Waals surface area (Å²) in [6.07, 6.45) is 0.877. The number of carbonyl (C=O) groups excluding carboxylic acids is 1. The molecule has 0 saturated carbocycles. The number of amides is 1.